The monoisotopic (exact) mass is 301 g/mol. The number of carboxylic acids is 1. The number of carbonyl (C=O) groups is 1. The van der Waals surface area contributed by atoms with Gasteiger partial charge in [-0.1, -0.05) is 0 Å². The molecule has 0 aliphatic rings. The first kappa shape index (κ1) is 14.2. The number of fused-ring (bicyclic) bond motifs is 1. The Morgan fingerprint density at radius 3 is 2.55 bits per heavy atom. The predicted molar refractivity (Wildman–Crippen MR) is 77.5 cm³/mol. The molecule has 0 unspecified atom stereocenters. The van der Waals surface area contributed by atoms with Gasteiger partial charge in [-0.15, -0.1) is 0 Å². The second-order valence-electron chi connectivity index (χ2n) is 5.06. The van der Waals surface area contributed by atoms with Gasteiger partial charge in [0.15, 0.2) is 11.3 Å². The Morgan fingerprint density at radius 1 is 1.27 bits per heavy atom. The fourth-order valence-electron chi connectivity index (χ4n) is 2.53. The molecule has 0 radical (unpaired) electrons. The summed E-state index contributed by atoms with van der Waals surface area (Å²) in [6, 6.07) is 3.08. The molecule has 114 valence electrons. The number of nitrogens with zero attached hydrogens (tertiary/aromatic N) is 5. The number of rotatable bonds is 3. The van der Waals surface area contributed by atoms with Crippen LogP contribution in [-0.4, -0.2) is 40.6 Å². The molecule has 2 N–H and O–H groups in total. The van der Waals surface area contributed by atoms with E-state index in [1.165, 1.54) is 10.6 Å². The SMILES string of the molecule is Cc1nn(C)c(C)c1-c1cc(CO)n2nc(C(=O)O)cc2n1. The Bertz CT molecular complexity index is 894. The molecule has 0 amide bonds. The largest absolute Gasteiger partial charge is 0.476 e. The molecular weight excluding hydrogens is 286 g/mol. The first-order valence-electron chi connectivity index (χ1n) is 6.66. The molecule has 0 aliphatic heterocycles. The van der Waals surface area contributed by atoms with Gasteiger partial charge in [0, 0.05) is 24.4 Å². The average molecular weight is 301 g/mol. The van der Waals surface area contributed by atoms with Gasteiger partial charge >= 0.3 is 5.97 Å². The number of aryl methyl sites for hydroxylation is 2. The zero-order valence-electron chi connectivity index (χ0n) is 12.4. The Balaban J connectivity index is 2.29. The normalized spacial score (nSPS) is 11.3. The number of aromatic carboxylic acids is 1. The summed E-state index contributed by atoms with van der Waals surface area (Å²) in [6.45, 7) is 3.54. The van der Waals surface area contributed by atoms with Gasteiger partial charge in [0.2, 0.25) is 0 Å². The summed E-state index contributed by atoms with van der Waals surface area (Å²) in [4.78, 5) is 15.5. The van der Waals surface area contributed by atoms with Crippen LogP contribution in [0.25, 0.3) is 16.9 Å². The van der Waals surface area contributed by atoms with Crippen LogP contribution >= 0.6 is 0 Å². The number of aliphatic hydroxyl groups excluding tert-OH is 1. The Labute approximate surface area is 125 Å². The lowest BCUT2D eigenvalue weighted by Gasteiger charge is -2.06. The summed E-state index contributed by atoms with van der Waals surface area (Å²) in [5.74, 6) is -1.13. The van der Waals surface area contributed by atoms with E-state index >= 15 is 0 Å². The molecule has 0 bridgehead atoms. The lowest BCUT2D eigenvalue weighted by molar-refractivity contribution is 0.0690. The second-order valence-corrected chi connectivity index (χ2v) is 5.06. The third kappa shape index (κ3) is 2.04. The van der Waals surface area contributed by atoms with Crippen LogP contribution in [0.5, 0.6) is 0 Å². The van der Waals surface area contributed by atoms with E-state index in [0.717, 1.165) is 17.0 Å². The number of carboxylic acid groups (broad SMARTS) is 1. The topological polar surface area (TPSA) is 106 Å². The molecule has 22 heavy (non-hydrogen) atoms. The van der Waals surface area contributed by atoms with Crippen molar-refractivity contribution in [2.24, 2.45) is 7.05 Å². The van der Waals surface area contributed by atoms with Crippen molar-refractivity contribution < 1.29 is 15.0 Å². The first-order chi connectivity index (χ1) is 10.4. The Hall–Kier alpha value is -2.74. The maximum absolute atomic E-state index is 11.1. The van der Waals surface area contributed by atoms with E-state index in [0.29, 0.717) is 17.0 Å². The fraction of sp³-hybridized carbons (Fsp3) is 0.286. The van der Waals surface area contributed by atoms with Crippen molar-refractivity contribution in [3.63, 3.8) is 0 Å². The highest BCUT2D eigenvalue weighted by Gasteiger charge is 2.18. The van der Waals surface area contributed by atoms with Crippen LogP contribution in [-0.2, 0) is 13.7 Å². The quantitative estimate of drug-likeness (QED) is 0.745. The number of aromatic nitrogens is 5. The minimum atomic E-state index is -1.13. The number of aliphatic hydroxyl groups is 1. The van der Waals surface area contributed by atoms with E-state index < -0.39 is 5.97 Å². The van der Waals surface area contributed by atoms with Crippen molar-refractivity contribution >= 4 is 11.6 Å². The van der Waals surface area contributed by atoms with Gasteiger partial charge < -0.3 is 10.2 Å². The number of hydrogen-bond acceptors (Lipinski definition) is 5. The van der Waals surface area contributed by atoms with E-state index in [1.807, 2.05) is 20.9 Å². The highest BCUT2D eigenvalue weighted by Crippen LogP contribution is 2.26. The summed E-state index contributed by atoms with van der Waals surface area (Å²) < 4.78 is 3.10. The van der Waals surface area contributed by atoms with E-state index in [9.17, 15) is 9.90 Å². The first-order valence-corrected chi connectivity index (χ1v) is 6.66. The standard InChI is InChI=1S/C14H15N5O3/c1-7-13(8(2)18(3)16-7)10-4-9(6-20)19-12(15-10)5-11(17-19)14(21)22/h4-5,20H,6H2,1-3H3,(H,21,22). The van der Waals surface area contributed by atoms with Gasteiger partial charge in [-0.3, -0.25) is 4.68 Å². The van der Waals surface area contributed by atoms with Gasteiger partial charge in [-0.05, 0) is 19.9 Å². The molecule has 0 atom stereocenters. The molecule has 0 aliphatic carbocycles. The van der Waals surface area contributed by atoms with Crippen LogP contribution in [0.15, 0.2) is 12.1 Å². The Morgan fingerprint density at radius 2 is 2.00 bits per heavy atom. The molecule has 0 fully saturated rings. The minimum absolute atomic E-state index is 0.112. The van der Waals surface area contributed by atoms with Crippen LogP contribution in [0.4, 0.5) is 0 Å². The molecule has 8 heteroatoms. The molecule has 0 spiro atoms. The molecule has 3 heterocycles. The summed E-state index contributed by atoms with van der Waals surface area (Å²) in [7, 11) is 1.85. The lowest BCUT2D eigenvalue weighted by Crippen LogP contribution is -2.04. The van der Waals surface area contributed by atoms with Crippen LogP contribution in [0.1, 0.15) is 27.6 Å². The lowest BCUT2D eigenvalue weighted by atomic mass is 10.1. The maximum Gasteiger partial charge on any atom is 0.356 e. The Kier molecular flexibility index (Phi) is 3.18. The molecule has 3 aromatic heterocycles. The van der Waals surface area contributed by atoms with Gasteiger partial charge in [0.05, 0.1) is 23.7 Å². The van der Waals surface area contributed by atoms with Gasteiger partial charge in [-0.2, -0.15) is 10.2 Å². The van der Waals surface area contributed by atoms with Gasteiger partial charge in [0.25, 0.3) is 0 Å². The smallest absolute Gasteiger partial charge is 0.356 e. The van der Waals surface area contributed by atoms with Crippen molar-refractivity contribution in [3.05, 3.63) is 34.9 Å². The van der Waals surface area contributed by atoms with E-state index in [1.54, 1.807) is 10.7 Å². The van der Waals surface area contributed by atoms with Gasteiger partial charge in [-0.25, -0.2) is 14.3 Å². The van der Waals surface area contributed by atoms with Crippen molar-refractivity contribution in [3.8, 4) is 11.3 Å². The summed E-state index contributed by atoms with van der Waals surface area (Å²) in [5.41, 5.74) is 4.00. The highest BCUT2D eigenvalue weighted by atomic mass is 16.4. The molecule has 3 rings (SSSR count). The third-order valence-electron chi connectivity index (χ3n) is 3.65. The summed E-state index contributed by atoms with van der Waals surface area (Å²) in [6.07, 6.45) is 0. The van der Waals surface area contributed by atoms with Crippen LogP contribution in [0.2, 0.25) is 0 Å². The van der Waals surface area contributed by atoms with Crippen molar-refractivity contribution in [1.82, 2.24) is 24.4 Å². The molecule has 8 nitrogen and oxygen atoms in total. The third-order valence-corrected chi connectivity index (χ3v) is 3.65. The van der Waals surface area contributed by atoms with E-state index in [2.05, 4.69) is 15.2 Å². The maximum atomic E-state index is 11.1. The molecular formula is C14H15N5O3. The van der Waals surface area contributed by atoms with Crippen LogP contribution in [0, 0.1) is 13.8 Å². The zero-order chi connectivity index (χ0) is 16.0. The molecule has 0 saturated heterocycles. The summed E-state index contributed by atoms with van der Waals surface area (Å²) >= 11 is 0. The molecule has 0 aromatic carbocycles. The van der Waals surface area contributed by atoms with Crippen molar-refractivity contribution in [2.75, 3.05) is 0 Å². The zero-order valence-corrected chi connectivity index (χ0v) is 12.4. The minimum Gasteiger partial charge on any atom is -0.476 e. The summed E-state index contributed by atoms with van der Waals surface area (Å²) in [5, 5.41) is 26.9. The molecule has 0 saturated carbocycles. The van der Waals surface area contributed by atoms with Crippen molar-refractivity contribution in [1.29, 1.82) is 0 Å². The predicted octanol–water partition coefficient (Wildman–Crippen LogP) is 0.937. The van der Waals surface area contributed by atoms with E-state index in [-0.39, 0.29) is 12.3 Å². The van der Waals surface area contributed by atoms with Gasteiger partial charge in [0.1, 0.15) is 0 Å². The van der Waals surface area contributed by atoms with Crippen LogP contribution in [0.3, 0.4) is 0 Å². The molecule has 3 aromatic rings. The highest BCUT2D eigenvalue weighted by molar-refractivity contribution is 5.86. The van der Waals surface area contributed by atoms with Crippen LogP contribution < -0.4 is 0 Å². The van der Waals surface area contributed by atoms with E-state index in [4.69, 9.17) is 5.11 Å². The number of hydrogen-bond donors (Lipinski definition) is 2. The average Bonchev–Trinajstić information content (AvgIpc) is 3.00. The van der Waals surface area contributed by atoms with Crippen molar-refractivity contribution in [2.45, 2.75) is 20.5 Å². The second kappa shape index (κ2) is 4.92. The fourth-order valence-corrected chi connectivity index (χ4v) is 2.53.